The number of aromatic nitrogens is 5. The molecule has 2 aromatic heterocycles. The molecule has 0 radical (unpaired) electrons. The second-order valence-electron chi connectivity index (χ2n) is 8.49. The SMILES string of the molecule is FC(F)(F)c1ccc(-n2cc(COc3ccc(-c4nc5ccc(C6=NCCN6)cc5[nH]4)cc3)nn2)cc1. The van der Waals surface area contributed by atoms with E-state index in [1.54, 1.807) is 6.20 Å². The summed E-state index contributed by atoms with van der Waals surface area (Å²) in [7, 11) is 0. The smallest absolute Gasteiger partial charge is 0.416 e. The Bertz CT molecular complexity index is 1590. The van der Waals surface area contributed by atoms with Gasteiger partial charge in [-0.05, 0) is 66.7 Å². The maximum Gasteiger partial charge on any atom is 0.416 e. The summed E-state index contributed by atoms with van der Waals surface area (Å²) in [5.41, 5.74) is 4.04. The van der Waals surface area contributed by atoms with Gasteiger partial charge in [0.2, 0.25) is 0 Å². The number of nitrogens with one attached hydrogen (secondary N) is 2. The summed E-state index contributed by atoms with van der Waals surface area (Å²) in [5.74, 6) is 2.29. The van der Waals surface area contributed by atoms with Crippen LogP contribution in [0.2, 0.25) is 0 Å². The van der Waals surface area contributed by atoms with Crippen molar-refractivity contribution in [1.82, 2.24) is 30.3 Å². The van der Waals surface area contributed by atoms with Crippen LogP contribution in [-0.4, -0.2) is 43.9 Å². The van der Waals surface area contributed by atoms with Gasteiger partial charge in [0, 0.05) is 17.7 Å². The van der Waals surface area contributed by atoms with Crippen molar-refractivity contribution < 1.29 is 17.9 Å². The Kier molecular flexibility index (Phi) is 5.59. The van der Waals surface area contributed by atoms with Crippen LogP contribution in [0.3, 0.4) is 0 Å². The number of fused-ring (bicyclic) bond motifs is 1. The zero-order chi connectivity index (χ0) is 25.4. The van der Waals surface area contributed by atoms with E-state index in [1.165, 1.54) is 16.8 Å². The van der Waals surface area contributed by atoms with Gasteiger partial charge >= 0.3 is 6.18 Å². The number of halogens is 3. The predicted octanol–water partition coefficient (Wildman–Crippen LogP) is 4.76. The van der Waals surface area contributed by atoms with Crippen LogP contribution in [0, 0.1) is 0 Å². The van der Waals surface area contributed by atoms with Gasteiger partial charge in [-0.1, -0.05) is 5.21 Å². The summed E-state index contributed by atoms with van der Waals surface area (Å²) < 4.78 is 45.5. The Hall–Kier alpha value is -4.67. The Labute approximate surface area is 208 Å². The molecular formula is C26H20F3N7O. The monoisotopic (exact) mass is 503 g/mol. The van der Waals surface area contributed by atoms with Gasteiger partial charge in [-0.2, -0.15) is 13.2 Å². The number of alkyl halides is 3. The molecule has 2 N–H and O–H groups in total. The van der Waals surface area contributed by atoms with Gasteiger partial charge in [-0.3, -0.25) is 4.99 Å². The van der Waals surface area contributed by atoms with Crippen molar-refractivity contribution in [1.29, 1.82) is 0 Å². The molecule has 1 aliphatic rings. The molecule has 0 saturated carbocycles. The third-order valence-corrected chi connectivity index (χ3v) is 5.94. The highest BCUT2D eigenvalue weighted by molar-refractivity contribution is 6.02. The summed E-state index contributed by atoms with van der Waals surface area (Å²) in [4.78, 5) is 12.5. The number of nitrogens with zero attached hydrogens (tertiary/aromatic N) is 5. The molecule has 5 aromatic rings. The number of hydrogen-bond acceptors (Lipinski definition) is 6. The number of benzene rings is 3. The zero-order valence-corrected chi connectivity index (χ0v) is 19.3. The molecular weight excluding hydrogens is 483 g/mol. The molecule has 6 rings (SSSR count). The lowest BCUT2D eigenvalue weighted by Crippen LogP contribution is -2.19. The van der Waals surface area contributed by atoms with E-state index in [0.29, 0.717) is 17.1 Å². The third kappa shape index (κ3) is 4.75. The third-order valence-electron chi connectivity index (χ3n) is 5.94. The highest BCUT2D eigenvalue weighted by Crippen LogP contribution is 2.29. The molecule has 0 unspecified atom stereocenters. The number of aromatic amines is 1. The first-order valence-corrected chi connectivity index (χ1v) is 11.5. The number of imidazole rings is 1. The van der Waals surface area contributed by atoms with E-state index < -0.39 is 11.7 Å². The lowest BCUT2D eigenvalue weighted by molar-refractivity contribution is -0.137. The van der Waals surface area contributed by atoms with Gasteiger partial charge in [-0.15, -0.1) is 5.10 Å². The van der Waals surface area contributed by atoms with E-state index in [0.717, 1.165) is 59.0 Å². The number of ether oxygens (including phenoxy) is 1. The average Bonchev–Trinajstić information content (AvgIpc) is 3.68. The molecule has 186 valence electrons. The molecule has 0 aliphatic carbocycles. The van der Waals surface area contributed by atoms with Gasteiger partial charge in [-0.25, -0.2) is 9.67 Å². The summed E-state index contributed by atoms with van der Waals surface area (Å²) >= 11 is 0. The first-order valence-electron chi connectivity index (χ1n) is 11.5. The highest BCUT2D eigenvalue weighted by Gasteiger charge is 2.30. The van der Waals surface area contributed by atoms with Gasteiger partial charge in [0.05, 0.1) is 35.0 Å². The predicted molar refractivity (Wildman–Crippen MR) is 132 cm³/mol. The van der Waals surface area contributed by atoms with Crippen LogP contribution in [0.4, 0.5) is 13.2 Å². The molecule has 3 heterocycles. The fourth-order valence-corrected chi connectivity index (χ4v) is 4.05. The van der Waals surface area contributed by atoms with E-state index in [-0.39, 0.29) is 6.61 Å². The Balaban J connectivity index is 1.11. The van der Waals surface area contributed by atoms with E-state index in [9.17, 15) is 13.2 Å². The summed E-state index contributed by atoms with van der Waals surface area (Å²) in [5, 5.41) is 11.3. The normalized spacial score (nSPS) is 13.5. The first-order chi connectivity index (χ1) is 17.9. The number of H-pyrrole nitrogens is 1. The summed E-state index contributed by atoms with van der Waals surface area (Å²) in [6, 6.07) is 18.2. The van der Waals surface area contributed by atoms with Crippen molar-refractivity contribution in [3.63, 3.8) is 0 Å². The minimum atomic E-state index is -4.38. The molecule has 8 nitrogen and oxygen atoms in total. The maximum absolute atomic E-state index is 12.8. The summed E-state index contributed by atoms with van der Waals surface area (Å²) in [6.45, 7) is 1.80. The molecule has 11 heteroatoms. The van der Waals surface area contributed by atoms with Gasteiger partial charge in [0.1, 0.15) is 29.7 Å². The molecule has 0 atom stereocenters. The molecule has 0 spiro atoms. The van der Waals surface area contributed by atoms with E-state index >= 15 is 0 Å². The standard InChI is InChI=1S/C26H20F3N7O/c27-26(28,29)18-4-6-20(7-5-18)36-14-19(34-35-36)15-37-21-8-1-16(2-9-21)25-32-22-10-3-17(13-23(22)33-25)24-30-11-12-31-24/h1-10,13-14H,11-12,15H2,(H,30,31)(H,32,33). The largest absolute Gasteiger partial charge is 0.487 e. The minimum Gasteiger partial charge on any atom is -0.487 e. The molecule has 0 saturated heterocycles. The van der Waals surface area contributed by atoms with E-state index in [1.807, 2.05) is 42.5 Å². The molecule has 0 bridgehead atoms. The fraction of sp³-hybridized carbons (Fsp3) is 0.154. The second-order valence-corrected chi connectivity index (χ2v) is 8.49. The fourth-order valence-electron chi connectivity index (χ4n) is 4.05. The van der Waals surface area contributed by atoms with Crippen molar-refractivity contribution in [3.8, 4) is 22.8 Å². The quantitative estimate of drug-likeness (QED) is 0.349. The number of hydrogen-bond donors (Lipinski definition) is 2. The van der Waals surface area contributed by atoms with E-state index in [4.69, 9.17) is 4.74 Å². The Morgan fingerprint density at radius 3 is 2.46 bits per heavy atom. The van der Waals surface area contributed by atoms with Crippen LogP contribution >= 0.6 is 0 Å². The van der Waals surface area contributed by atoms with Crippen LogP contribution in [0.15, 0.2) is 77.9 Å². The minimum absolute atomic E-state index is 0.158. The molecule has 1 aliphatic heterocycles. The topological polar surface area (TPSA) is 93.0 Å². The number of rotatable bonds is 6. The number of amidine groups is 1. The van der Waals surface area contributed by atoms with Crippen LogP contribution in [0.25, 0.3) is 28.1 Å². The van der Waals surface area contributed by atoms with Crippen LogP contribution in [0.5, 0.6) is 5.75 Å². The van der Waals surface area contributed by atoms with Crippen molar-refractivity contribution in [2.24, 2.45) is 4.99 Å². The molecule has 0 fully saturated rings. The molecule has 0 amide bonds. The lowest BCUT2D eigenvalue weighted by atomic mass is 10.2. The van der Waals surface area contributed by atoms with Crippen LogP contribution < -0.4 is 10.1 Å². The van der Waals surface area contributed by atoms with Crippen molar-refractivity contribution in [3.05, 3.63) is 89.7 Å². The zero-order valence-electron chi connectivity index (χ0n) is 19.3. The van der Waals surface area contributed by atoms with Crippen LogP contribution in [-0.2, 0) is 12.8 Å². The average molecular weight is 503 g/mol. The Morgan fingerprint density at radius 1 is 0.946 bits per heavy atom. The van der Waals surface area contributed by atoms with Crippen LogP contribution in [0.1, 0.15) is 16.8 Å². The van der Waals surface area contributed by atoms with Gasteiger partial charge in [0.25, 0.3) is 0 Å². The Morgan fingerprint density at radius 2 is 1.73 bits per heavy atom. The highest BCUT2D eigenvalue weighted by atomic mass is 19.4. The van der Waals surface area contributed by atoms with Gasteiger partial charge in [0.15, 0.2) is 0 Å². The van der Waals surface area contributed by atoms with Crippen molar-refractivity contribution in [2.45, 2.75) is 12.8 Å². The summed E-state index contributed by atoms with van der Waals surface area (Å²) in [6.07, 6.45) is -2.77. The van der Waals surface area contributed by atoms with Gasteiger partial charge < -0.3 is 15.0 Å². The first kappa shape index (κ1) is 22.8. The molecule has 3 aromatic carbocycles. The number of aliphatic imine (C=N–C) groups is 1. The van der Waals surface area contributed by atoms with E-state index in [2.05, 4.69) is 30.6 Å². The lowest BCUT2D eigenvalue weighted by Gasteiger charge is -2.07. The maximum atomic E-state index is 12.8. The van der Waals surface area contributed by atoms with Crippen molar-refractivity contribution >= 4 is 16.9 Å². The van der Waals surface area contributed by atoms with Crippen molar-refractivity contribution in [2.75, 3.05) is 13.1 Å². The molecule has 37 heavy (non-hydrogen) atoms. The second kappa shape index (κ2) is 9.08.